The lowest BCUT2D eigenvalue weighted by atomic mass is 10.2. The Morgan fingerprint density at radius 3 is 1.23 bits per heavy atom. The largest absolute Gasteiger partial charge is 0.109 e. The van der Waals surface area contributed by atoms with E-state index in [4.69, 9.17) is 0 Å². The Labute approximate surface area is 160 Å². The van der Waals surface area contributed by atoms with Gasteiger partial charge < -0.3 is 0 Å². The number of hydrogen-bond acceptors (Lipinski definition) is 0. The van der Waals surface area contributed by atoms with Crippen molar-refractivity contribution in [1.82, 2.24) is 0 Å². The zero-order valence-electron chi connectivity index (χ0n) is 15.4. The second kappa shape index (κ2) is 9.32. The summed E-state index contributed by atoms with van der Waals surface area (Å²) in [6.07, 6.45) is 4.54. The summed E-state index contributed by atoms with van der Waals surface area (Å²) in [6, 6.07) is 30.2. The summed E-state index contributed by atoms with van der Waals surface area (Å²) in [4.78, 5) is 0. The van der Waals surface area contributed by atoms with E-state index in [2.05, 4.69) is 122 Å². The molecule has 128 valence electrons. The molecule has 26 heavy (non-hydrogen) atoms. The monoisotopic (exact) mass is 368 g/mol. The van der Waals surface area contributed by atoms with Crippen LogP contribution in [-0.4, -0.2) is 17.6 Å². The molecule has 0 bridgehead atoms. The molecule has 0 aliphatic rings. The quantitative estimate of drug-likeness (QED) is 0.545. The van der Waals surface area contributed by atoms with Crippen LogP contribution in [0, 0.1) is 0 Å². The van der Waals surface area contributed by atoms with E-state index in [1.165, 1.54) is 11.1 Å². The minimum atomic E-state index is -0.710. The van der Waals surface area contributed by atoms with Crippen molar-refractivity contribution in [3.63, 3.8) is 0 Å². The second-order valence-electron chi connectivity index (χ2n) is 6.40. The topological polar surface area (TPSA) is 0 Å². The van der Waals surface area contributed by atoms with E-state index < -0.39 is 17.6 Å². The molecule has 0 aromatic heterocycles. The highest BCUT2D eigenvalue weighted by atomic mass is 28.3. The zero-order valence-corrected chi connectivity index (χ0v) is 17.4. The summed E-state index contributed by atoms with van der Waals surface area (Å²) >= 11 is 0. The predicted octanol–water partition coefficient (Wildman–Crippen LogP) is 4.86. The van der Waals surface area contributed by atoms with E-state index in [0.717, 1.165) is 0 Å². The Morgan fingerprint density at radius 2 is 0.846 bits per heavy atom. The molecular weight excluding hydrogens is 344 g/mol. The molecule has 0 heterocycles. The summed E-state index contributed by atoms with van der Waals surface area (Å²) in [6.45, 7) is 4.78. The van der Waals surface area contributed by atoms with Gasteiger partial charge in [-0.15, -0.1) is 0 Å². The third-order valence-corrected chi connectivity index (χ3v) is 8.58. The molecule has 0 aliphatic heterocycles. The molecule has 2 heteroatoms. The van der Waals surface area contributed by atoms with Crippen molar-refractivity contribution in [2.24, 2.45) is 0 Å². The van der Waals surface area contributed by atoms with Crippen LogP contribution in [0.2, 0.25) is 13.1 Å². The van der Waals surface area contributed by atoms with Gasteiger partial charge in [0.15, 0.2) is 0 Å². The van der Waals surface area contributed by atoms with E-state index in [1.54, 1.807) is 10.4 Å². The zero-order chi connectivity index (χ0) is 18.2. The molecule has 0 amide bonds. The van der Waals surface area contributed by atoms with Crippen LogP contribution in [0.15, 0.2) is 96.3 Å². The van der Waals surface area contributed by atoms with E-state index >= 15 is 0 Å². The average molecular weight is 369 g/mol. The highest BCUT2D eigenvalue weighted by Gasteiger charge is 2.14. The number of rotatable bonds is 6. The van der Waals surface area contributed by atoms with Crippen molar-refractivity contribution < 1.29 is 0 Å². The summed E-state index contributed by atoms with van der Waals surface area (Å²) in [5, 5.41) is 3.08. The molecule has 0 saturated carbocycles. The second-order valence-corrected chi connectivity index (χ2v) is 10.9. The summed E-state index contributed by atoms with van der Waals surface area (Å²) in [7, 11) is -1.42. The highest BCUT2D eigenvalue weighted by molar-refractivity contribution is 6.87. The van der Waals surface area contributed by atoms with E-state index in [-0.39, 0.29) is 0 Å². The van der Waals surface area contributed by atoms with Crippen molar-refractivity contribution >= 4 is 40.1 Å². The molecule has 3 rings (SSSR count). The minimum Gasteiger partial charge on any atom is -0.0911 e. The number of benzene rings is 3. The van der Waals surface area contributed by atoms with Crippen LogP contribution in [0.5, 0.6) is 0 Å². The molecule has 3 aromatic rings. The Kier molecular flexibility index (Phi) is 6.58. The summed E-state index contributed by atoms with van der Waals surface area (Å²) in [5.74, 6) is 0. The van der Waals surface area contributed by atoms with Crippen molar-refractivity contribution in [3.8, 4) is 0 Å². The van der Waals surface area contributed by atoms with Crippen molar-refractivity contribution in [2.75, 3.05) is 0 Å². The lowest BCUT2D eigenvalue weighted by Crippen LogP contribution is -2.45. The van der Waals surface area contributed by atoms with Gasteiger partial charge >= 0.3 is 0 Å². The maximum absolute atomic E-state index is 2.41. The van der Waals surface area contributed by atoms with Gasteiger partial charge in [-0.1, -0.05) is 132 Å². The van der Waals surface area contributed by atoms with Gasteiger partial charge in [-0.3, -0.25) is 0 Å². The predicted molar refractivity (Wildman–Crippen MR) is 120 cm³/mol. The molecule has 0 aliphatic carbocycles. The maximum atomic E-state index is 2.41. The van der Waals surface area contributed by atoms with Crippen LogP contribution < -0.4 is 10.4 Å². The molecule has 2 radical (unpaired) electrons. The van der Waals surface area contributed by atoms with Crippen LogP contribution in [-0.2, 0) is 0 Å². The SMILES string of the molecule is C[Si](C=Cc1ccccc1)c1ccccc1[Si](C)C=Cc1ccccc1. The molecule has 3 aromatic carbocycles. The average Bonchev–Trinajstić information content (AvgIpc) is 2.72. The van der Waals surface area contributed by atoms with Crippen LogP contribution in [0.3, 0.4) is 0 Å². The van der Waals surface area contributed by atoms with Gasteiger partial charge in [-0.2, -0.15) is 0 Å². The molecule has 0 fully saturated rings. The lowest BCUT2D eigenvalue weighted by Gasteiger charge is -2.15. The Bertz CT molecular complexity index is 792. The van der Waals surface area contributed by atoms with Gasteiger partial charge in [0, 0.05) is 0 Å². The third-order valence-electron chi connectivity index (χ3n) is 4.43. The van der Waals surface area contributed by atoms with E-state index in [9.17, 15) is 0 Å². The fourth-order valence-electron chi connectivity index (χ4n) is 2.92. The first-order valence-corrected chi connectivity index (χ1v) is 13.1. The van der Waals surface area contributed by atoms with Crippen molar-refractivity contribution in [3.05, 3.63) is 107 Å². The first kappa shape index (κ1) is 18.4. The molecular formula is C24H24Si2. The van der Waals surface area contributed by atoms with Crippen LogP contribution >= 0.6 is 0 Å². The molecule has 0 atom stereocenters. The fourth-order valence-corrected chi connectivity index (χ4v) is 7.08. The van der Waals surface area contributed by atoms with Crippen LogP contribution in [0.4, 0.5) is 0 Å². The lowest BCUT2D eigenvalue weighted by molar-refractivity contribution is 1.66. The molecule has 0 nitrogen and oxygen atoms in total. The third kappa shape index (κ3) is 5.04. The summed E-state index contributed by atoms with van der Waals surface area (Å²) < 4.78 is 0. The molecule has 0 spiro atoms. The Morgan fingerprint density at radius 1 is 0.500 bits per heavy atom. The normalized spacial score (nSPS) is 11.8. The Balaban J connectivity index is 1.79. The molecule has 0 N–H and O–H groups in total. The van der Waals surface area contributed by atoms with E-state index in [1.807, 2.05) is 0 Å². The van der Waals surface area contributed by atoms with Crippen molar-refractivity contribution in [1.29, 1.82) is 0 Å². The van der Waals surface area contributed by atoms with Gasteiger partial charge in [0.2, 0.25) is 0 Å². The molecule has 0 saturated heterocycles. The van der Waals surface area contributed by atoms with Gasteiger partial charge in [0.05, 0.1) is 0 Å². The summed E-state index contributed by atoms with van der Waals surface area (Å²) in [5.41, 5.74) is 7.38. The molecule has 0 unspecified atom stereocenters. The minimum absolute atomic E-state index is 0.710. The first-order chi connectivity index (χ1) is 12.7. The Hall–Kier alpha value is -2.43. The smallest absolute Gasteiger partial charge is 0.0911 e. The number of hydrogen-bond donors (Lipinski definition) is 0. The maximum Gasteiger partial charge on any atom is 0.109 e. The van der Waals surface area contributed by atoms with Crippen LogP contribution in [0.25, 0.3) is 12.2 Å². The fraction of sp³-hybridized carbons (Fsp3) is 0.0833. The standard InChI is InChI=1S/C24H24Si2/c1-25(19-17-21-11-5-3-6-12-21)23-15-9-10-16-24(23)26(2)20-18-22-13-7-4-8-14-22/h3-20H,1-2H3. The first-order valence-electron chi connectivity index (χ1n) is 8.97. The van der Waals surface area contributed by atoms with Gasteiger partial charge in [0.25, 0.3) is 0 Å². The van der Waals surface area contributed by atoms with Gasteiger partial charge in [-0.25, -0.2) is 0 Å². The van der Waals surface area contributed by atoms with Crippen molar-refractivity contribution in [2.45, 2.75) is 13.1 Å². The van der Waals surface area contributed by atoms with Gasteiger partial charge in [0.1, 0.15) is 17.6 Å². The van der Waals surface area contributed by atoms with E-state index in [0.29, 0.717) is 0 Å². The highest BCUT2D eigenvalue weighted by Crippen LogP contribution is 2.04. The van der Waals surface area contributed by atoms with Crippen LogP contribution in [0.1, 0.15) is 11.1 Å². The van der Waals surface area contributed by atoms with Gasteiger partial charge in [-0.05, 0) is 11.1 Å².